The Balaban J connectivity index is 0.000000222. The monoisotopic (exact) mass is 784 g/mol. The number of aliphatic carboxylic acids is 1. The van der Waals surface area contributed by atoms with Crippen molar-refractivity contribution < 1.29 is 28.2 Å². The molecule has 2 aliphatic rings. The van der Waals surface area contributed by atoms with E-state index in [0.717, 1.165) is 31.6 Å². The van der Waals surface area contributed by atoms with Crippen LogP contribution in [0.1, 0.15) is 60.3 Å². The maximum absolute atomic E-state index is 13.2. The number of pyridine rings is 2. The zero-order chi connectivity index (χ0) is 29.7. The number of carbonyl (C=O) groups excluding carboxylic acids is 1. The minimum Gasteiger partial charge on any atom is -0.481 e. The topological polar surface area (TPSA) is 95.9 Å². The summed E-state index contributed by atoms with van der Waals surface area (Å²) in [5.74, 6) is -0.370. The first-order valence-corrected chi connectivity index (χ1v) is 15.6. The van der Waals surface area contributed by atoms with E-state index in [0.29, 0.717) is 19.4 Å². The van der Waals surface area contributed by atoms with Crippen molar-refractivity contribution >= 4 is 68.8 Å². The van der Waals surface area contributed by atoms with E-state index in [1.54, 1.807) is 0 Å². The number of hydrogen-bond acceptors (Lipinski definition) is 7. The Morgan fingerprint density at radius 2 is 1.23 bits per heavy atom. The Morgan fingerprint density at radius 3 is 1.55 bits per heavy atom. The maximum atomic E-state index is 13.2. The molecule has 2 aliphatic heterocycles. The van der Waals surface area contributed by atoms with Crippen LogP contribution in [0, 0.1) is 30.6 Å². The van der Waals surface area contributed by atoms with Gasteiger partial charge in [0.25, 0.3) is 0 Å². The Bertz CT molecular complexity index is 1180. The van der Waals surface area contributed by atoms with Gasteiger partial charge in [-0.25, -0.2) is 18.7 Å². The maximum Gasteiger partial charge on any atom is 0.309 e. The Morgan fingerprint density at radius 1 is 0.850 bits per heavy atom. The van der Waals surface area contributed by atoms with E-state index in [2.05, 4.69) is 78.8 Å². The number of carboxylic acids is 1. The van der Waals surface area contributed by atoms with E-state index in [9.17, 15) is 18.4 Å². The molecule has 12 heteroatoms. The van der Waals surface area contributed by atoms with Gasteiger partial charge in [0.15, 0.2) is 0 Å². The third-order valence-corrected chi connectivity index (χ3v) is 9.02. The molecule has 1 N–H and O–H groups in total. The molecule has 0 unspecified atom stereocenters. The molecule has 4 heterocycles. The first kappa shape index (κ1) is 32.7. The molecule has 0 spiro atoms. The van der Waals surface area contributed by atoms with Gasteiger partial charge < -0.3 is 19.6 Å². The van der Waals surface area contributed by atoms with Gasteiger partial charge >= 0.3 is 11.9 Å². The molecule has 0 saturated carbocycles. The summed E-state index contributed by atoms with van der Waals surface area (Å²) in [6, 6.07) is 3.42. The fourth-order valence-electron chi connectivity index (χ4n) is 5.85. The van der Waals surface area contributed by atoms with Crippen molar-refractivity contribution in [3.63, 3.8) is 0 Å². The standard InChI is InChI=1S/C15H20FIN2O2.C13H16FIN2O2/c1-4-21-15(20)11-5-9(2)19(10(3)6-11)14-13(17)7-12(16)8-18-14;1-7-3-9(13(18)19)4-8(2)17(7)12-11(15)5-10(14)6-16-12/h7-11H,4-6H2,1-3H3;5-9H,3-4H2,1-2H3,(H,18,19)/t9-,10-;7-,8-/m11/s1. The Kier molecular flexibility index (Phi) is 11.7. The fourth-order valence-corrected chi connectivity index (χ4v) is 7.28. The van der Waals surface area contributed by atoms with E-state index >= 15 is 0 Å². The van der Waals surface area contributed by atoms with Crippen molar-refractivity contribution in [1.82, 2.24) is 9.97 Å². The van der Waals surface area contributed by atoms with Gasteiger partial charge in [0, 0.05) is 24.2 Å². The minimum absolute atomic E-state index is 0.0655. The number of halogens is 4. The second-order valence-electron chi connectivity index (χ2n) is 10.6. The summed E-state index contributed by atoms with van der Waals surface area (Å²) in [4.78, 5) is 35.7. The number of piperidine rings is 2. The smallest absolute Gasteiger partial charge is 0.309 e. The van der Waals surface area contributed by atoms with Crippen molar-refractivity contribution in [2.24, 2.45) is 11.8 Å². The van der Waals surface area contributed by atoms with E-state index in [4.69, 9.17) is 9.84 Å². The number of rotatable bonds is 5. The molecule has 8 nitrogen and oxygen atoms in total. The lowest BCUT2D eigenvalue weighted by atomic mass is 9.87. The summed E-state index contributed by atoms with van der Waals surface area (Å²) >= 11 is 4.17. The molecular weight excluding hydrogens is 748 g/mol. The van der Waals surface area contributed by atoms with Crippen LogP contribution in [0.15, 0.2) is 24.5 Å². The highest BCUT2D eigenvalue weighted by Gasteiger charge is 2.37. The van der Waals surface area contributed by atoms with Crippen molar-refractivity contribution in [2.45, 2.75) is 84.5 Å². The Labute approximate surface area is 261 Å². The normalized spacial score (nSPS) is 26.5. The average Bonchev–Trinajstić information content (AvgIpc) is 2.86. The zero-order valence-corrected chi connectivity index (χ0v) is 27.6. The van der Waals surface area contributed by atoms with Gasteiger partial charge in [-0.15, -0.1) is 0 Å². The molecule has 2 aromatic heterocycles. The SMILES string of the molecule is CCOC(=O)C1C[C@@H](C)N(c2ncc(F)cc2I)[C@H](C)C1.C[C@@H]1CC(C(=O)O)C[C@@H](C)N1c1ncc(F)cc1I. The van der Waals surface area contributed by atoms with E-state index in [1.165, 1.54) is 24.5 Å². The third-order valence-electron chi connectivity index (χ3n) is 7.44. The second-order valence-corrected chi connectivity index (χ2v) is 12.9. The molecule has 2 saturated heterocycles. The number of anilines is 2. The van der Waals surface area contributed by atoms with Crippen LogP contribution in [0.3, 0.4) is 0 Å². The number of aromatic nitrogens is 2. The van der Waals surface area contributed by atoms with Crippen molar-refractivity contribution in [2.75, 3.05) is 16.4 Å². The second kappa shape index (κ2) is 14.4. The summed E-state index contributed by atoms with van der Waals surface area (Å²) in [6.45, 7) is 10.4. The van der Waals surface area contributed by atoms with Crippen molar-refractivity contribution in [3.8, 4) is 0 Å². The molecule has 2 aromatic rings. The number of carbonyl (C=O) groups is 2. The molecule has 0 amide bonds. The molecule has 0 aromatic carbocycles. The minimum atomic E-state index is -0.736. The summed E-state index contributed by atoms with van der Waals surface area (Å²) in [5.41, 5.74) is 0. The molecule has 0 bridgehead atoms. The number of ether oxygens (including phenoxy) is 1. The van der Waals surface area contributed by atoms with Crippen LogP contribution in [0.2, 0.25) is 0 Å². The molecule has 220 valence electrons. The van der Waals surface area contributed by atoms with Crippen LogP contribution >= 0.6 is 45.2 Å². The van der Waals surface area contributed by atoms with E-state index in [-0.39, 0.29) is 53.6 Å². The van der Waals surface area contributed by atoms with Crippen molar-refractivity contribution in [3.05, 3.63) is 43.3 Å². The molecule has 0 aliphatic carbocycles. The van der Waals surface area contributed by atoms with Gasteiger partial charge in [-0.1, -0.05) is 0 Å². The summed E-state index contributed by atoms with van der Waals surface area (Å²) in [7, 11) is 0. The van der Waals surface area contributed by atoms with Gasteiger partial charge in [0.1, 0.15) is 23.3 Å². The average molecular weight is 784 g/mol. The molecule has 2 fully saturated rings. The quantitative estimate of drug-likeness (QED) is 0.280. The first-order chi connectivity index (χ1) is 18.8. The number of hydrogen-bond donors (Lipinski definition) is 1. The molecule has 0 radical (unpaired) electrons. The van der Waals surface area contributed by atoms with Gasteiger partial charge in [0.2, 0.25) is 0 Å². The lowest BCUT2D eigenvalue weighted by Crippen LogP contribution is -2.49. The van der Waals surface area contributed by atoms with Crippen LogP contribution in [0.4, 0.5) is 20.4 Å². The summed E-state index contributed by atoms with van der Waals surface area (Å²) in [5, 5.41) is 9.14. The molecule has 4 atom stereocenters. The third kappa shape index (κ3) is 7.91. The first-order valence-electron chi connectivity index (χ1n) is 13.4. The summed E-state index contributed by atoms with van der Waals surface area (Å²) < 4.78 is 33.0. The lowest BCUT2D eigenvalue weighted by Gasteiger charge is -2.43. The fraction of sp³-hybridized carbons (Fsp3) is 0.571. The molecule has 4 rings (SSSR count). The van der Waals surface area contributed by atoms with Gasteiger partial charge in [-0.3, -0.25) is 9.59 Å². The molecule has 40 heavy (non-hydrogen) atoms. The van der Waals surface area contributed by atoms with E-state index in [1.807, 2.05) is 20.8 Å². The van der Waals surface area contributed by atoms with Gasteiger partial charge in [0.05, 0.1) is 38.0 Å². The van der Waals surface area contributed by atoms with Gasteiger partial charge in [-0.2, -0.15) is 0 Å². The van der Waals surface area contributed by atoms with E-state index < -0.39 is 5.97 Å². The largest absolute Gasteiger partial charge is 0.481 e. The van der Waals surface area contributed by atoms with Crippen LogP contribution in [-0.2, 0) is 14.3 Å². The predicted octanol–water partition coefficient (Wildman–Crippen LogP) is 6.29. The highest BCUT2D eigenvalue weighted by molar-refractivity contribution is 14.1. The predicted molar refractivity (Wildman–Crippen MR) is 166 cm³/mol. The van der Waals surface area contributed by atoms with Crippen LogP contribution in [-0.4, -0.2) is 57.8 Å². The van der Waals surface area contributed by atoms with Crippen LogP contribution < -0.4 is 9.80 Å². The van der Waals surface area contributed by atoms with Crippen LogP contribution in [0.5, 0.6) is 0 Å². The zero-order valence-electron chi connectivity index (χ0n) is 23.3. The summed E-state index contributed by atoms with van der Waals surface area (Å²) in [6.07, 6.45) is 5.11. The number of esters is 1. The molecular formula is C28H36F2I2N4O4. The lowest BCUT2D eigenvalue weighted by molar-refractivity contribution is -0.149. The number of carboxylic acid groups (broad SMARTS) is 1. The Hall–Kier alpha value is -1.84. The van der Waals surface area contributed by atoms with Crippen molar-refractivity contribution in [1.29, 1.82) is 0 Å². The highest BCUT2D eigenvalue weighted by atomic mass is 127. The van der Waals surface area contributed by atoms with Gasteiger partial charge in [-0.05, 0) is 118 Å². The number of nitrogens with zero attached hydrogens (tertiary/aromatic N) is 4. The van der Waals surface area contributed by atoms with Crippen LogP contribution in [0.25, 0.3) is 0 Å². The highest BCUT2D eigenvalue weighted by Crippen LogP contribution is 2.35.